The second-order valence-corrected chi connectivity index (χ2v) is 6.20. The van der Waals surface area contributed by atoms with E-state index in [1.807, 2.05) is 0 Å². The minimum Gasteiger partial charge on any atom is -0.480 e. The van der Waals surface area contributed by atoms with Gasteiger partial charge < -0.3 is 15.3 Å². The minimum absolute atomic E-state index is 0.145. The fraction of sp³-hybridized carbons (Fsp3) is 0.900. The Bertz CT molecular complexity index is 393. The molecule has 1 heterocycles. The molecule has 112 valence electrons. The summed E-state index contributed by atoms with van der Waals surface area (Å²) in [7, 11) is -3.98. The Kier molecular flexibility index (Phi) is 6.14. The van der Waals surface area contributed by atoms with Crippen LogP contribution in [0, 0.1) is 0 Å². The van der Waals surface area contributed by atoms with Gasteiger partial charge in [-0.3, -0.25) is 4.79 Å². The van der Waals surface area contributed by atoms with E-state index in [-0.39, 0.29) is 39.3 Å². The zero-order valence-corrected chi connectivity index (χ0v) is 11.4. The molecule has 8 nitrogen and oxygen atoms in total. The average Bonchev–Trinajstić information content (AvgIpc) is 2.38. The van der Waals surface area contributed by atoms with Gasteiger partial charge in [-0.15, -0.1) is 0 Å². The summed E-state index contributed by atoms with van der Waals surface area (Å²) < 4.78 is 26.6. The third kappa shape index (κ3) is 3.86. The van der Waals surface area contributed by atoms with Crippen LogP contribution in [-0.4, -0.2) is 77.2 Å². The van der Waals surface area contributed by atoms with Gasteiger partial charge in [0.15, 0.2) is 0 Å². The molecular formula is C10H20N2O6S. The third-order valence-electron chi connectivity index (χ3n) is 3.06. The Balaban J connectivity index is 2.96. The van der Waals surface area contributed by atoms with Crippen molar-refractivity contribution in [1.29, 1.82) is 0 Å². The van der Waals surface area contributed by atoms with E-state index >= 15 is 0 Å². The van der Waals surface area contributed by atoms with E-state index in [1.54, 1.807) is 0 Å². The lowest BCUT2D eigenvalue weighted by Crippen LogP contribution is -2.54. The normalized spacial score (nSPS) is 21.7. The first-order valence-electron chi connectivity index (χ1n) is 6.16. The molecule has 1 aliphatic rings. The molecule has 0 bridgehead atoms. The van der Waals surface area contributed by atoms with Gasteiger partial charge in [-0.2, -0.15) is 17.0 Å². The van der Waals surface area contributed by atoms with Crippen molar-refractivity contribution in [2.45, 2.75) is 25.3 Å². The van der Waals surface area contributed by atoms with Crippen LogP contribution in [-0.2, 0) is 15.0 Å². The molecule has 0 radical (unpaired) electrons. The highest BCUT2D eigenvalue weighted by Crippen LogP contribution is 2.22. The Morgan fingerprint density at radius 3 is 2.26 bits per heavy atom. The third-order valence-corrected chi connectivity index (χ3v) is 5.11. The van der Waals surface area contributed by atoms with E-state index in [0.717, 1.165) is 8.61 Å². The smallest absolute Gasteiger partial charge is 0.322 e. The molecular weight excluding hydrogens is 276 g/mol. The van der Waals surface area contributed by atoms with Crippen LogP contribution in [0.2, 0.25) is 0 Å². The quantitative estimate of drug-likeness (QED) is 0.524. The SMILES string of the molecule is O=C(O)C1CCCCN1S(=O)(=O)N(CCO)CCO. The van der Waals surface area contributed by atoms with Crippen LogP contribution < -0.4 is 0 Å². The second kappa shape index (κ2) is 7.15. The van der Waals surface area contributed by atoms with Crippen molar-refractivity contribution in [3.05, 3.63) is 0 Å². The highest BCUT2D eigenvalue weighted by molar-refractivity contribution is 7.86. The van der Waals surface area contributed by atoms with Crippen molar-refractivity contribution >= 4 is 16.2 Å². The van der Waals surface area contributed by atoms with Crippen molar-refractivity contribution in [2.75, 3.05) is 32.8 Å². The standard InChI is InChI=1S/C10H20N2O6S/c13-7-5-11(6-8-14)19(17,18)12-4-2-1-3-9(12)10(15)16/h9,13-14H,1-8H2,(H,15,16). The summed E-state index contributed by atoms with van der Waals surface area (Å²) in [4.78, 5) is 11.1. The maximum absolute atomic E-state index is 12.3. The number of rotatable bonds is 7. The molecule has 0 amide bonds. The largest absolute Gasteiger partial charge is 0.480 e. The van der Waals surface area contributed by atoms with Gasteiger partial charge in [0.2, 0.25) is 0 Å². The fourth-order valence-corrected chi connectivity index (χ4v) is 3.94. The molecule has 0 aromatic carbocycles. The molecule has 0 saturated carbocycles. The lowest BCUT2D eigenvalue weighted by atomic mass is 10.1. The van der Waals surface area contributed by atoms with Crippen molar-refractivity contribution in [3.8, 4) is 0 Å². The van der Waals surface area contributed by atoms with Crippen LogP contribution in [0.25, 0.3) is 0 Å². The molecule has 0 aromatic rings. The summed E-state index contributed by atoms with van der Waals surface area (Å²) in [5.74, 6) is -1.17. The average molecular weight is 296 g/mol. The lowest BCUT2D eigenvalue weighted by Gasteiger charge is -2.35. The summed E-state index contributed by atoms with van der Waals surface area (Å²) in [6.07, 6.45) is 1.55. The zero-order valence-electron chi connectivity index (χ0n) is 10.6. The van der Waals surface area contributed by atoms with Crippen LogP contribution in [0.5, 0.6) is 0 Å². The first-order valence-corrected chi connectivity index (χ1v) is 7.56. The van der Waals surface area contributed by atoms with Gasteiger partial charge in [0.25, 0.3) is 10.2 Å². The second-order valence-electron chi connectivity index (χ2n) is 4.31. The van der Waals surface area contributed by atoms with E-state index in [9.17, 15) is 13.2 Å². The number of hydrogen-bond acceptors (Lipinski definition) is 5. The molecule has 19 heavy (non-hydrogen) atoms. The Labute approximate surface area is 112 Å². The van der Waals surface area contributed by atoms with Gasteiger partial charge in [0, 0.05) is 19.6 Å². The number of carboxylic acids is 1. The highest BCUT2D eigenvalue weighted by Gasteiger charge is 2.39. The topological polar surface area (TPSA) is 118 Å². The number of hydrogen-bond donors (Lipinski definition) is 3. The summed E-state index contributed by atoms with van der Waals surface area (Å²) in [6, 6.07) is -1.07. The van der Waals surface area contributed by atoms with Crippen LogP contribution in [0.15, 0.2) is 0 Å². The predicted molar refractivity (Wildman–Crippen MR) is 66.6 cm³/mol. The molecule has 1 saturated heterocycles. The summed E-state index contributed by atoms with van der Waals surface area (Å²) >= 11 is 0. The monoisotopic (exact) mass is 296 g/mol. The van der Waals surface area contributed by atoms with Gasteiger partial charge in [0.1, 0.15) is 6.04 Å². The number of piperidine rings is 1. The molecule has 1 unspecified atom stereocenters. The minimum atomic E-state index is -3.98. The molecule has 1 aliphatic heterocycles. The summed E-state index contributed by atoms with van der Waals surface area (Å²) in [5.41, 5.74) is 0. The predicted octanol–water partition coefficient (Wildman–Crippen LogP) is -1.54. The number of carboxylic acid groups (broad SMARTS) is 1. The number of aliphatic hydroxyl groups excluding tert-OH is 2. The molecule has 9 heteroatoms. The van der Waals surface area contributed by atoms with E-state index in [4.69, 9.17) is 15.3 Å². The molecule has 3 N–H and O–H groups in total. The Hall–Kier alpha value is -0.740. The summed E-state index contributed by atoms with van der Waals surface area (Å²) in [5, 5.41) is 26.8. The van der Waals surface area contributed by atoms with Crippen LogP contribution in [0.4, 0.5) is 0 Å². The van der Waals surface area contributed by atoms with E-state index in [1.165, 1.54) is 0 Å². The van der Waals surface area contributed by atoms with Gasteiger partial charge in [-0.05, 0) is 19.3 Å². The van der Waals surface area contributed by atoms with Crippen molar-refractivity contribution in [2.24, 2.45) is 0 Å². The number of nitrogens with zero attached hydrogens (tertiary/aromatic N) is 2. The fourth-order valence-electron chi connectivity index (χ4n) is 2.14. The maximum Gasteiger partial charge on any atom is 0.322 e. The van der Waals surface area contributed by atoms with Crippen LogP contribution in [0.3, 0.4) is 0 Å². The van der Waals surface area contributed by atoms with Crippen LogP contribution >= 0.6 is 0 Å². The van der Waals surface area contributed by atoms with Crippen molar-refractivity contribution in [1.82, 2.24) is 8.61 Å². The van der Waals surface area contributed by atoms with E-state index in [0.29, 0.717) is 12.8 Å². The van der Waals surface area contributed by atoms with Gasteiger partial charge >= 0.3 is 5.97 Å². The molecule has 0 aromatic heterocycles. The lowest BCUT2D eigenvalue weighted by molar-refractivity contribution is -0.142. The maximum atomic E-state index is 12.3. The number of aliphatic hydroxyl groups is 2. The Morgan fingerprint density at radius 1 is 1.21 bits per heavy atom. The molecule has 1 atom stereocenters. The Morgan fingerprint density at radius 2 is 1.79 bits per heavy atom. The zero-order chi connectivity index (χ0) is 14.5. The van der Waals surface area contributed by atoms with Crippen molar-refractivity contribution < 1.29 is 28.5 Å². The highest BCUT2D eigenvalue weighted by atomic mass is 32.2. The molecule has 0 spiro atoms. The van der Waals surface area contributed by atoms with Gasteiger partial charge in [0.05, 0.1) is 13.2 Å². The summed E-state index contributed by atoms with van der Waals surface area (Å²) in [6.45, 7) is -0.945. The van der Waals surface area contributed by atoms with Gasteiger partial charge in [-0.1, -0.05) is 0 Å². The van der Waals surface area contributed by atoms with Crippen LogP contribution in [0.1, 0.15) is 19.3 Å². The molecule has 0 aliphatic carbocycles. The van der Waals surface area contributed by atoms with Crippen molar-refractivity contribution in [3.63, 3.8) is 0 Å². The molecule has 1 rings (SSSR count). The first kappa shape index (κ1) is 16.3. The van der Waals surface area contributed by atoms with Gasteiger partial charge in [-0.25, -0.2) is 0 Å². The number of carbonyl (C=O) groups is 1. The van der Waals surface area contributed by atoms with E-state index in [2.05, 4.69) is 0 Å². The molecule has 1 fully saturated rings. The first-order chi connectivity index (χ1) is 8.95. The van der Waals surface area contributed by atoms with E-state index < -0.39 is 22.2 Å². The number of aliphatic carboxylic acids is 1.